The van der Waals surface area contributed by atoms with Crippen LogP contribution in [-0.4, -0.2) is 27.2 Å². The number of amides is 1. The van der Waals surface area contributed by atoms with Crippen LogP contribution in [0.2, 0.25) is 0 Å². The van der Waals surface area contributed by atoms with Crippen molar-refractivity contribution in [2.45, 2.75) is 19.4 Å². The van der Waals surface area contributed by atoms with Crippen molar-refractivity contribution >= 4 is 39.2 Å². The number of hydrogen-bond donors (Lipinski definition) is 1. The largest absolute Gasteiger partial charge is 0.318 e. The van der Waals surface area contributed by atoms with Gasteiger partial charge in [0.1, 0.15) is 5.82 Å². The molecule has 2 aromatic heterocycles. The lowest BCUT2D eigenvalue weighted by atomic mass is 10.2. The van der Waals surface area contributed by atoms with Crippen molar-refractivity contribution in [3.8, 4) is 0 Å². The number of halogens is 1. The number of anilines is 3. The van der Waals surface area contributed by atoms with Crippen LogP contribution in [0.5, 0.6) is 0 Å². The fourth-order valence-corrected chi connectivity index (χ4v) is 3.65. The lowest BCUT2D eigenvalue weighted by Gasteiger charge is -2.24. The molecule has 5 nitrogen and oxygen atoms in total. The zero-order chi connectivity index (χ0) is 15.3. The highest BCUT2D eigenvalue weighted by atomic mass is 79.9. The van der Waals surface area contributed by atoms with Crippen molar-refractivity contribution < 1.29 is 4.79 Å². The quantitative estimate of drug-likeness (QED) is 0.837. The van der Waals surface area contributed by atoms with Crippen LogP contribution in [-0.2, 0) is 0 Å². The van der Waals surface area contributed by atoms with E-state index >= 15 is 0 Å². The van der Waals surface area contributed by atoms with Gasteiger partial charge in [0.15, 0.2) is 5.82 Å². The minimum Gasteiger partial charge on any atom is -0.318 e. The number of carbonyl (C=O) groups is 1. The number of rotatable bonds is 2. The average molecular weight is 359 g/mol. The van der Waals surface area contributed by atoms with Gasteiger partial charge >= 0.3 is 0 Å². The first-order valence-electron chi connectivity index (χ1n) is 7.28. The first-order chi connectivity index (χ1) is 10.7. The second kappa shape index (κ2) is 5.05. The average Bonchev–Trinajstić information content (AvgIpc) is 3.31. The molecule has 1 saturated carbocycles. The molecule has 3 heterocycles. The summed E-state index contributed by atoms with van der Waals surface area (Å²) in [4.78, 5) is 23.7. The molecule has 2 atom stereocenters. The van der Waals surface area contributed by atoms with Crippen LogP contribution < -0.4 is 10.2 Å². The van der Waals surface area contributed by atoms with Gasteiger partial charge in [-0.3, -0.25) is 4.79 Å². The van der Waals surface area contributed by atoms with E-state index in [0.717, 1.165) is 28.8 Å². The van der Waals surface area contributed by atoms with E-state index in [1.54, 1.807) is 18.5 Å². The Morgan fingerprint density at radius 2 is 2.14 bits per heavy atom. The van der Waals surface area contributed by atoms with E-state index in [0.29, 0.717) is 23.3 Å². The van der Waals surface area contributed by atoms with Crippen molar-refractivity contribution in [1.29, 1.82) is 0 Å². The van der Waals surface area contributed by atoms with Gasteiger partial charge in [-0.15, -0.1) is 0 Å². The summed E-state index contributed by atoms with van der Waals surface area (Å²) in [6.07, 6.45) is 4.59. The highest BCUT2D eigenvalue weighted by molar-refractivity contribution is 9.09. The predicted octanol–water partition coefficient (Wildman–Crippen LogP) is 3.27. The Hall–Kier alpha value is -1.95. The summed E-state index contributed by atoms with van der Waals surface area (Å²) in [6, 6.07) is 5.85. The molecule has 1 aliphatic heterocycles. The molecule has 1 aliphatic carbocycles. The number of aryl methyl sites for hydroxylation is 1. The molecule has 1 amide bonds. The number of aromatic nitrogens is 2. The third-order valence-corrected chi connectivity index (χ3v) is 5.11. The molecule has 2 aliphatic rings. The summed E-state index contributed by atoms with van der Waals surface area (Å²) in [5.74, 6) is 1.92. The summed E-state index contributed by atoms with van der Waals surface area (Å²) < 4.78 is 0. The smallest absolute Gasteiger partial charge is 0.259 e. The van der Waals surface area contributed by atoms with Crippen LogP contribution in [0.15, 0.2) is 30.6 Å². The van der Waals surface area contributed by atoms with Gasteiger partial charge in [0.05, 0.1) is 11.3 Å². The van der Waals surface area contributed by atoms with Crippen molar-refractivity contribution in [2.24, 2.45) is 5.92 Å². The van der Waals surface area contributed by atoms with Crippen molar-refractivity contribution in [3.05, 3.63) is 41.7 Å². The number of carbonyl (C=O) groups excluding carboxylic acids is 1. The lowest BCUT2D eigenvalue weighted by Crippen LogP contribution is -2.24. The zero-order valence-corrected chi connectivity index (χ0v) is 13.7. The molecule has 1 N–H and O–H groups in total. The van der Waals surface area contributed by atoms with Crippen molar-refractivity contribution in [2.75, 3.05) is 15.5 Å². The molecule has 0 bridgehead atoms. The van der Waals surface area contributed by atoms with Gasteiger partial charge < -0.3 is 10.2 Å². The fraction of sp³-hybridized carbons (Fsp3) is 0.312. The van der Waals surface area contributed by atoms with Gasteiger partial charge in [-0.2, -0.15) is 0 Å². The minimum absolute atomic E-state index is 0.126. The summed E-state index contributed by atoms with van der Waals surface area (Å²) in [5.41, 5.74) is 2.39. The number of pyridine rings is 2. The van der Waals surface area contributed by atoms with E-state index in [2.05, 4.69) is 36.1 Å². The van der Waals surface area contributed by atoms with Crippen LogP contribution in [0.4, 0.5) is 17.3 Å². The first kappa shape index (κ1) is 13.7. The molecule has 4 rings (SSSR count). The molecule has 0 saturated heterocycles. The topological polar surface area (TPSA) is 58.1 Å². The maximum atomic E-state index is 12.5. The Kier molecular flexibility index (Phi) is 3.14. The van der Waals surface area contributed by atoms with Crippen molar-refractivity contribution in [1.82, 2.24) is 9.97 Å². The van der Waals surface area contributed by atoms with E-state index in [-0.39, 0.29) is 5.91 Å². The lowest BCUT2D eigenvalue weighted by molar-refractivity contribution is 0.102. The number of alkyl halides is 1. The zero-order valence-electron chi connectivity index (χ0n) is 12.1. The van der Waals surface area contributed by atoms with Crippen LogP contribution >= 0.6 is 15.9 Å². The molecule has 6 heteroatoms. The van der Waals surface area contributed by atoms with Crippen molar-refractivity contribution in [3.63, 3.8) is 0 Å². The number of nitrogens with one attached hydrogen (secondary N) is 1. The SMILES string of the molecule is Cc1ccnc2c1NC(=O)c1cccnc1N2C1CC1CBr. The number of hydrogen-bond acceptors (Lipinski definition) is 4. The second-order valence-corrected chi connectivity index (χ2v) is 6.39. The normalized spacial score (nSPS) is 22.5. The number of nitrogens with zero attached hydrogens (tertiary/aromatic N) is 3. The monoisotopic (exact) mass is 358 g/mol. The van der Waals surface area contributed by atoms with E-state index in [9.17, 15) is 4.79 Å². The van der Waals surface area contributed by atoms with Crippen LogP contribution in [0.1, 0.15) is 22.3 Å². The highest BCUT2D eigenvalue weighted by Gasteiger charge is 2.45. The highest BCUT2D eigenvalue weighted by Crippen LogP contribution is 2.47. The molecule has 2 unspecified atom stereocenters. The summed E-state index contributed by atoms with van der Waals surface area (Å²) >= 11 is 3.56. The van der Waals surface area contributed by atoms with Crippen LogP contribution in [0.25, 0.3) is 0 Å². The first-order valence-corrected chi connectivity index (χ1v) is 8.40. The molecule has 0 aromatic carbocycles. The summed E-state index contributed by atoms with van der Waals surface area (Å²) in [7, 11) is 0. The summed E-state index contributed by atoms with van der Waals surface area (Å²) in [5, 5.41) is 3.94. The fourth-order valence-electron chi connectivity index (χ4n) is 2.96. The maximum Gasteiger partial charge on any atom is 0.259 e. The third kappa shape index (κ3) is 2.01. The molecule has 112 valence electrons. The molecular weight excluding hydrogens is 344 g/mol. The Balaban J connectivity index is 1.94. The standard InChI is InChI=1S/C16H15BrN4O/c1-9-4-6-19-15-13(9)20-16(22)11-3-2-5-18-14(11)21(15)12-7-10(12)8-17/h2-6,10,12H,7-8H2,1H3,(H,20,22). The molecular formula is C16H15BrN4O. The maximum absolute atomic E-state index is 12.5. The molecule has 0 radical (unpaired) electrons. The number of fused-ring (bicyclic) bond motifs is 2. The Labute approximate surface area is 136 Å². The predicted molar refractivity (Wildman–Crippen MR) is 89.0 cm³/mol. The second-order valence-electron chi connectivity index (χ2n) is 5.74. The van der Waals surface area contributed by atoms with E-state index in [1.165, 1.54) is 0 Å². The van der Waals surface area contributed by atoms with Gasteiger partial charge in [-0.1, -0.05) is 15.9 Å². The molecule has 1 fully saturated rings. The van der Waals surface area contributed by atoms with E-state index in [4.69, 9.17) is 0 Å². The molecule has 2 aromatic rings. The van der Waals surface area contributed by atoms with Gasteiger partial charge in [0, 0.05) is 23.8 Å². The third-order valence-electron chi connectivity index (χ3n) is 4.28. The minimum atomic E-state index is -0.126. The van der Waals surface area contributed by atoms with Gasteiger partial charge in [-0.25, -0.2) is 9.97 Å². The van der Waals surface area contributed by atoms with E-state index in [1.807, 2.05) is 19.1 Å². The Morgan fingerprint density at radius 1 is 1.32 bits per heavy atom. The van der Waals surface area contributed by atoms with E-state index < -0.39 is 0 Å². The van der Waals surface area contributed by atoms with Gasteiger partial charge in [-0.05, 0) is 43.0 Å². The Morgan fingerprint density at radius 3 is 2.91 bits per heavy atom. The molecule has 22 heavy (non-hydrogen) atoms. The molecule has 0 spiro atoms. The Bertz CT molecular complexity index is 764. The van der Waals surface area contributed by atoms with Crippen LogP contribution in [0, 0.1) is 12.8 Å². The van der Waals surface area contributed by atoms with Gasteiger partial charge in [0.25, 0.3) is 5.91 Å². The van der Waals surface area contributed by atoms with Crippen LogP contribution in [0.3, 0.4) is 0 Å². The summed E-state index contributed by atoms with van der Waals surface area (Å²) in [6.45, 7) is 1.98. The van der Waals surface area contributed by atoms with Gasteiger partial charge in [0.2, 0.25) is 0 Å².